The largest absolute Gasteiger partial charge is 0.497 e. The van der Waals surface area contributed by atoms with Crippen molar-refractivity contribution in [2.75, 3.05) is 33.8 Å². The van der Waals surface area contributed by atoms with Crippen LogP contribution in [-0.4, -0.2) is 46.2 Å². The van der Waals surface area contributed by atoms with Crippen LogP contribution < -0.4 is 24.3 Å². The fraction of sp³-hybridized carbons (Fsp3) is 0.300. The van der Waals surface area contributed by atoms with Gasteiger partial charge in [-0.05, 0) is 6.92 Å². The first-order chi connectivity index (χ1) is 14.7. The van der Waals surface area contributed by atoms with Crippen molar-refractivity contribution in [2.45, 2.75) is 13.0 Å². The molecule has 166 valence electrons. The number of methoxy groups -OCH3 is 4. The summed E-state index contributed by atoms with van der Waals surface area (Å²) in [6.45, 7) is 1.21. The Morgan fingerprint density at radius 3 is 2.06 bits per heavy atom. The van der Waals surface area contributed by atoms with Crippen LogP contribution in [0.4, 0.5) is 11.4 Å². The second-order valence-electron chi connectivity index (χ2n) is 6.07. The molecule has 31 heavy (non-hydrogen) atoms. The Morgan fingerprint density at radius 2 is 1.52 bits per heavy atom. The van der Waals surface area contributed by atoms with Crippen LogP contribution in [0.25, 0.3) is 0 Å². The molecule has 1 N–H and O–H groups in total. The fourth-order valence-electron chi connectivity index (χ4n) is 2.54. The maximum Gasteiger partial charge on any atom is 0.258 e. The number of benzene rings is 2. The average Bonchev–Trinajstić information content (AvgIpc) is 2.73. The minimum absolute atomic E-state index is 0.144. The SMILES string of the molecule is COc1cc(Cl)c(OC)c(NC(=O)C(N=Nc2c(Cl)cc(OC)cc2OC)C(C)=O)c1. The van der Waals surface area contributed by atoms with E-state index in [0.717, 1.165) is 0 Å². The zero-order valence-electron chi connectivity index (χ0n) is 17.5. The van der Waals surface area contributed by atoms with Crippen LogP contribution in [-0.2, 0) is 9.59 Å². The molecule has 0 aliphatic rings. The molecule has 0 saturated heterocycles. The maximum atomic E-state index is 12.8. The molecule has 2 rings (SSSR count). The Hall–Kier alpha value is -3.04. The topological polar surface area (TPSA) is 108 Å². The number of Topliss-reactive ketones (excluding diaryl/α,β-unsaturated/α-hetero) is 1. The van der Waals surface area contributed by atoms with Gasteiger partial charge in [0.25, 0.3) is 5.91 Å². The summed E-state index contributed by atoms with van der Waals surface area (Å²) in [4.78, 5) is 24.9. The van der Waals surface area contributed by atoms with Gasteiger partial charge in [-0.15, -0.1) is 5.11 Å². The number of ether oxygens (including phenoxy) is 4. The van der Waals surface area contributed by atoms with Crippen molar-refractivity contribution < 1.29 is 28.5 Å². The standard InChI is InChI=1S/C20H21Cl2N3O6/c1-10(26)17(24-25-18-13(21)6-12(29-3)9-16(18)30-4)20(27)23-15-8-11(28-2)7-14(22)19(15)31-5/h6-9,17H,1-5H3,(H,23,27). The van der Waals surface area contributed by atoms with E-state index in [1.807, 2.05) is 0 Å². The van der Waals surface area contributed by atoms with Crippen molar-refractivity contribution in [1.29, 1.82) is 0 Å². The van der Waals surface area contributed by atoms with E-state index in [1.54, 1.807) is 6.07 Å². The molecular weight excluding hydrogens is 449 g/mol. The van der Waals surface area contributed by atoms with Crippen molar-refractivity contribution in [3.8, 4) is 23.0 Å². The van der Waals surface area contributed by atoms with Crippen LogP contribution in [0.2, 0.25) is 10.0 Å². The first-order valence-electron chi connectivity index (χ1n) is 8.80. The zero-order valence-corrected chi connectivity index (χ0v) is 19.0. The summed E-state index contributed by atoms with van der Waals surface area (Å²) in [7, 11) is 5.73. The molecule has 1 atom stereocenters. The van der Waals surface area contributed by atoms with Gasteiger partial charge in [0, 0.05) is 24.3 Å². The van der Waals surface area contributed by atoms with E-state index in [1.165, 1.54) is 53.6 Å². The lowest BCUT2D eigenvalue weighted by Crippen LogP contribution is -2.32. The summed E-state index contributed by atoms with van der Waals surface area (Å²) in [5.74, 6) is 0.00720. The molecule has 0 fully saturated rings. The average molecular weight is 470 g/mol. The third-order valence-corrected chi connectivity index (χ3v) is 4.65. The number of hydrogen-bond acceptors (Lipinski definition) is 8. The summed E-state index contributed by atoms with van der Waals surface area (Å²) < 4.78 is 20.7. The van der Waals surface area contributed by atoms with Gasteiger partial charge >= 0.3 is 0 Å². The van der Waals surface area contributed by atoms with Crippen LogP contribution in [0.15, 0.2) is 34.5 Å². The van der Waals surface area contributed by atoms with E-state index in [9.17, 15) is 9.59 Å². The number of nitrogens with one attached hydrogen (secondary N) is 1. The van der Waals surface area contributed by atoms with Crippen molar-refractivity contribution in [2.24, 2.45) is 10.2 Å². The number of carbonyl (C=O) groups is 2. The fourth-order valence-corrected chi connectivity index (χ4v) is 3.07. The van der Waals surface area contributed by atoms with Crippen LogP contribution in [0, 0.1) is 0 Å². The summed E-state index contributed by atoms with van der Waals surface area (Å²) in [5, 5.41) is 10.8. The zero-order chi connectivity index (χ0) is 23.1. The molecule has 1 amide bonds. The van der Waals surface area contributed by atoms with Crippen LogP contribution in [0.1, 0.15) is 6.92 Å². The normalized spacial score (nSPS) is 11.7. The number of azo groups is 1. The predicted molar refractivity (Wildman–Crippen MR) is 117 cm³/mol. The number of rotatable bonds is 9. The van der Waals surface area contributed by atoms with Crippen LogP contribution in [0.3, 0.4) is 0 Å². The molecule has 0 heterocycles. The lowest BCUT2D eigenvalue weighted by atomic mass is 10.2. The van der Waals surface area contributed by atoms with E-state index in [2.05, 4.69) is 15.5 Å². The Bertz CT molecular complexity index is 1010. The second kappa shape index (κ2) is 10.8. The molecule has 0 radical (unpaired) electrons. The van der Waals surface area contributed by atoms with Gasteiger partial charge < -0.3 is 24.3 Å². The summed E-state index contributed by atoms with van der Waals surface area (Å²) in [6.07, 6.45) is 0. The van der Waals surface area contributed by atoms with Gasteiger partial charge in [-0.1, -0.05) is 23.2 Å². The van der Waals surface area contributed by atoms with E-state index < -0.39 is 17.7 Å². The highest BCUT2D eigenvalue weighted by molar-refractivity contribution is 6.33. The highest BCUT2D eigenvalue weighted by Gasteiger charge is 2.25. The molecule has 0 aromatic heterocycles. The summed E-state index contributed by atoms with van der Waals surface area (Å²) >= 11 is 12.4. The van der Waals surface area contributed by atoms with Gasteiger partial charge in [0.15, 0.2) is 17.3 Å². The number of carbonyl (C=O) groups excluding carboxylic acids is 2. The second-order valence-corrected chi connectivity index (χ2v) is 6.88. The van der Waals surface area contributed by atoms with Gasteiger partial charge in [0.1, 0.15) is 17.2 Å². The molecule has 1 unspecified atom stereocenters. The smallest absolute Gasteiger partial charge is 0.258 e. The van der Waals surface area contributed by atoms with Crippen LogP contribution >= 0.6 is 23.2 Å². The maximum absolute atomic E-state index is 12.8. The van der Waals surface area contributed by atoms with Crippen molar-refractivity contribution in [3.05, 3.63) is 34.3 Å². The van der Waals surface area contributed by atoms with E-state index in [4.69, 9.17) is 42.1 Å². The molecule has 2 aromatic carbocycles. The molecule has 0 aliphatic heterocycles. The molecule has 11 heteroatoms. The number of anilines is 1. The number of amides is 1. The first-order valence-corrected chi connectivity index (χ1v) is 9.56. The molecule has 0 saturated carbocycles. The van der Waals surface area contributed by atoms with Crippen molar-refractivity contribution in [3.63, 3.8) is 0 Å². The quantitative estimate of drug-likeness (QED) is 0.420. The minimum atomic E-state index is -1.46. The van der Waals surface area contributed by atoms with Gasteiger partial charge in [-0.3, -0.25) is 9.59 Å². The Labute approximate surface area is 189 Å². The Balaban J connectivity index is 2.37. The van der Waals surface area contributed by atoms with Gasteiger partial charge in [-0.25, -0.2) is 0 Å². The molecule has 2 aromatic rings. The molecule has 9 nitrogen and oxygen atoms in total. The molecule has 0 aliphatic carbocycles. The van der Waals surface area contributed by atoms with Crippen molar-refractivity contribution in [1.82, 2.24) is 0 Å². The summed E-state index contributed by atoms with van der Waals surface area (Å²) in [5.41, 5.74) is 0.351. The van der Waals surface area contributed by atoms with E-state index in [-0.39, 0.29) is 32.9 Å². The lowest BCUT2D eigenvalue weighted by molar-refractivity contribution is -0.126. The Kier molecular flexibility index (Phi) is 8.47. The minimum Gasteiger partial charge on any atom is -0.497 e. The molecule has 0 spiro atoms. The van der Waals surface area contributed by atoms with Gasteiger partial charge in [0.2, 0.25) is 6.04 Å². The number of nitrogens with zero attached hydrogens (tertiary/aromatic N) is 2. The Morgan fingerprint density at radius 1 is 0.903 bits per heavy atom. The van der Waals surface area contributed by atoms with Gasteiger partial charge in [-0.2, -0.15) is 5.11 Å². The summed E-state index contributed by atoms with van der Waals surface area (Å²) in [6, 6.07) is 4.62. The number of halogens is 2. The number of hydrogen-bond donors (Lipinski definition) is 1. The van der Waals surface area contributed by atoms with E-state index in [0.29, 0.717) is 11.5 Å². The van der Waals surface area contributed by atoms with Crippen molar-refractivity contribution >= 4 is 46.3 Å². The lowest BCUT2D eigenvalue weighted by Gasteiger charge is -2.15. The highest BCUT2D eigenvalue weighted by Crippen LogP contribution is 2.40. The predicted octanol–water partition coefficient (Wildman–Crippen LogP) is 4.71. The number of ketones is 1. The molecule has 0 bridgehead atoms. The van der Waals surface area contributed by atoms with E-state index >= 15 is 0 Å². The monoisotopic (exact) mass is 469 g/mol. The third kappa shape index (κ3) is 5.77. The third-order valence-electron chi connectivity index (χ3n) is 4.08. The van der Waals surface area contributed by atoms with Crippen LogP contribution in [0.5, 0.6) is 23.0 Å². The highest BCUT2D eigenvalue weighted by atomic mass is 35.5. The first kappa shape index (κ1) is 24.2. The molecular formula is C20H21Cl2N3O6. The van der Waals surface area contributed by atoms with Gasteiger partial charge in [0.05, 0.1) is 44.2 Å².